The molecule has 0 aromatic heterocycles. The van der Waals surface area contributed by atoms with E-state index in [1.54, 1.807) is 6.07 Å². The van der Waals surface area contributed by atoms with Crippen molar-refractivity contribution in [2.24, 2.45) is 0 Å². The predicted octanol–water partition coefficient (Wildman–Crippen LogP) is 3.50. The molecule has 0 heterocycles. The molecule has 1 atom stereocenters. The van der Waals surface area contributed by atoms with Crippen LogP contribution in [0.3, 0.4) is 0 Å². The first-order valence-electron chi connectivity index (χ1n) is 6.23. The van der Waals surface area contributed by atoms with Crippen LogP contribution in [-0.4, -0.2) is 6.04 Å². The van der Waals surface area contributed by atoms with Gasteiger partial charge in [-0.05, 0) is 25.0 Å². The average molecular weight is 252 g/mol. The van der Waals surface area contributed by atoms with Gasteiger partial charge < -0.3 is 5.32 Å². The van der Waals surface area contributed by atoms with Crippen molar-refractivity contribution >= 4 is 0 Å². The second kappa shape index (κ2) is 7.07. The summed E-state index contributed by atoms with van der Waals surface area (Å²) in [5.41, 5.74) is 0.0119. The number of hydrogen-bond donors (Lipinski definition) is 1. The van der Waals surface area contributed by atoms with E-state index in [1.165, 1.54) is 0 Å². The molecule has 0 aliphatic carbocycles. The highest BCUT2D eigenvalue weighted by Crippen LogP contribution is 2.15. The molecule has 0 saturated heterocycles. The van der Waals surface area contributed by atoms with Gasteiger partial charge in [-0.3, -0.25) is 0 Å². The van der Waals surface area contributed by atoms with Crippen molar-refractivity contribution in [3.63, 3.8) is 0 Å². The first kappa shape index (κ1) is 14.6. The molecular formula is C14H18F2N2. The van der Waals surface area contributed by atoms with E-state index >= 15 is 0 Å². The van der Waals surface area contributed by atoms with Crippen molar-refractivity contribution in [1.82, 2.24) is 5.32 Å². The summed E-state index contributed by atoms with van der Waals surface area (Å²) in [7, 11) is 0. The number of nitriles is 1. The number of nitrogens with one attached hydrogen (secondary N) is 1. The van der Waals surface area contributed by atoms with Gasteiger partial charge in [0.1, 0.15) is 11.6 Å². The van der Waals surface area contributed by atoms with Gasteiger partial charge in [-0.2, -0.15) is 5.26 Å². The fourth-order valence-corrected chi connectivity index (χ4v) is 1.88. The average Bonchev–Trinajstić information content (AvgIpc) is 2.36. The Morgan fingerprint density at radius 3 is 2.33 bits per heavy atom. The normalized spacial score (nSPS) is 12.2. The highest BCUT2D eigenvalue weighted by atomic mass is 19.1. The molecule has 4 heteroatoms. The number of benzene rings is 1. The molecule has 0 radical (unpaired) electrons. The zero-order valence-electron chi connectivity index (χ0n) is 10.8. The molecule has 0 spiro atoms. The van der Waals surface area contributed by atoms with Crippen molar-refractivity contribution in [1.29, 1.82) is 5.26 Å². The molecule has 1 N–H and O–H groups in total. The maximum atomic E-state index is 13.6. The zero-order chi connectivity index (χ0) is 13.5. The Balaban J connectivity index is 2.76. The Hall–Kier alpha value is -1.47. The molecule has 0 bridgehead atoms. The quantitative estimate of drug-likeness (QED) is 0.841. The summed E-state index contributed by atoms with van der Waals surface area (Å²) < 4.78 is 27.2. The molecule has 0 fully saturated rings. The lowest BCUT2D eigenvalue weighted by Gasteiger charge is -2.16. The van der Waals surface area contributed by atoms with E-state index in [4.69, 9.17) is 5.26 Å². The van der Waals surface area contributed by atoms with E-state index in [-0.39, 0.29) is 23.7 Å². The van der Waals surface area contributed by atoms with Gasteiger partial charge in [0.2, 0.25) is 0 Å². The molecule has 18 heavy (non-hydrogen) atoms. The van der Waals surface area contributed by atoms with Gasteiger partial charge in [-0.1, -0.05) is 20.3 Å². The van der Waals surface area contributed by atoms with Crippen molar-refractivity contribution < 1.29 is 8.78 Å². The van der Waals surface area contributed by atoms with E-state index < -0.39 is 11.6 Å². The van der Waals surface area contributed by atoms with Crippen LogP contribution in [0.25, 0.3) is 0 Å². The summed E-state index contributed by atoms with van der Waals surface area (Å²) in [6.45, 7) is 4.27. The van der Waals surface area contributed by atoms with E-state index in [1.807, 2.05) is 6.92 Å². The molecular weight excluding hydrogens is 234 g/mol. The van der Waals surface area contributed by atoms with Crippen LogP contribution in [0.2, 0.25) is 0 Å². The Bertz CT molecular complexity index is 415. The van der Waals surface area contributed by atoms with Gasteiger partial charge in [0.05, 0.1) is 11.6 Å². The van der Waals surface area contributed by atoms with Crippen LogP contribution < -0.4 is 5.32 Å². The molecule has 1 unspecified atom stereocenters. The van der Waals surface area contributed by atoms with Crippen molar-refractivity contribution in [2.45, 2.75) is 45.7 Å². The molecule has 98 valence electrons. The SMILES string of the molecule is CCCC(CC)NCc1c(F)cc(C#N)cc1F. The molecule has 1 aromatic carbocycles. The standard InChI is InChI=1S/C14H18F2N2/c1-3-5-11(4-2)18-9-12-13(15)6-10(8-17)7-14(12)16/h6-7,11,18H,3-5,9H2,1-2H3. The summed E-state index contributed by atoms with van der Waals surface area (Å²) in [4.78, 5) is 0. The first-order chi connectivity index (χ1) is 8.62. The summed E-state index contributed by atoms with van der Waals surface area (Å²) in [5.74, 6) is -1.32. The second-order valence-corrected chi connectivity index (χ2v) is 4.30. The molecule has 1 rings (SSSR count). The van der Waals surface area contributed by atoms with Crippen molar-refractivity contribution in [3.8, 4) is 6.07 Å². The monoisotopic (exact) mass is 252 g/mol. The van der Waals surface area contributed by atoms with Crippen LogP contribution in [0.1, 0.15) is 44.2 Å². The Kier molecular flexibility index (Phi) is 5.73. The lowest BCUT2D eigenvalue weighted by molar-refractivity contribution is 0.445. The molecule has 0 aliphatic rings. The number of hydrogen-bond acceptors (Lipinski definition) is 2. The number of halogens is 2. The van der Waals surface area contributed by atoms with Crippen LogP contribution in [0.5, 0.6) is 0 Å². The van der Waals surface area contributed by atoms with E-state index in [0.29, 0.717) is 0 Å². The van der Waals surface area contributed by atoms with Crippen LogP contribution in [0.15, 0.2) is 12.1 Å². The van der Waals surface area contributed by atoms with Crippen molar-refractivity contribution in [3.05, 3.63) is 34.9 Å². The van der Waals surface area contributed by atoms with E-state index in [9.17, 15) is 8.78 Å². The zero-order valence-corrected chi connectivity index (χ0v) is 10.8. The Morgan fingerprint density at radius 1 is 1.28 bits per heavy atom. The van der Waals surface area contributed by atoms with Gasteiger partial charge in [0, 0.05) is 18.2 Å². The minimum Gasteiger partial charge on any atom is -0.310 e. The topological polar surface area (TPSA) is 35.8 Å². The van der Waals surface area contributed by atoms with Crippen LogP contribution in [0, 0.1) is 23.0 Å². The predicted molar refractivity (Wildman–Crippen MR) is 66.9 cm³/mol. The van der Waals surface area contributed by atoms with Gasteiger partial charge in [0.25, 0.3) is 0 Å². The van der Waals surface area contributed by atoms with Crippen LogP contribution in [-0.2, 0) is 6.54 Å². The van der Waals surface area contributed by atoms with Crippen LogP contribution >= 0.6 is 0 Å². The molecule has 0 saturated carbocycles. The third-order valence-electron chi connectivity index (χ3n) is 2.97. The third-order valence-corrected chi connectivity index (χ3v) is 2.97. The second-order valence-electron chi connectivity index (χ2n) is 4.30. The smallest absolute Gasteiger partial charge is 0.131 e. The van der Waals surface area contributed by atoms with Gasteiger partial charge in [-0.15, -0.1) is 0 Å². The Morgan fingerprint density at radius 2 is 1.89 bits per heavy atom. The molecule has 1 aromatic rings. The fraction of sp³-hybridized carbons (Fsp3) is 0.500. The lowest BCUT2D eigenvalue weighted by atomic mass is 10.1. The Labute approximate surface area is 107 Å². The molecule has 0 aliphatic heterocycles. The highest BCUT2D eigenvalue weighted by Gasteiger charge is 2.12. The first-order valence-corrected chi connectivity index (χ1v) is 6.23. The van der Waals surface area contributed by atoms with E-state index in [0.717, 1.165) is 31.4 Å². The minimum absolute atomic E-state index is 0.00329. The van der Waals surface area contributed by atoms with Gasteiger partial charge in [0.15, 0.2) is 0 Å². The summed E-state index contributed by atoms with van der Waals surface area (Å²) in [6, 6.07) is 4.14. The maximum absolute atomic E-state index is 13.6. The molecule has 2 nitrogen and oxygen atoms in total. The maximum Gasteiger partial charge on any atom is 0.131 e. The minimum atomic E-state index is -0.662. The number of rotatable bonds is 6. The third kappa shape index (κ3) is 3.78. The van der Waals surface area contributed by atoms with E-state index in [2.05, 4.69) is 12.2 Å². The summed E-state index contributed by atoms with van der Waals surface area (Å²) in [5, 5.41) is 11.7. The van der Waals surface area contributed by atoms with Gasteiger partial charge in [-0.25, -0.2) is 8.78 Å². The lowest BCUT2D eigenvalue weighted by Crippen LogP contribution is -2.28. The summed E-state index contributed by atoms with van der Waals surface area (Å²) >= 11 is 0. The fourth-order valence-electron chi connectivity index (χ4n) is 1.88. The number of nitrogens with zero attached hydrogens (tertiary/aromatic N) is 1. The van der Waals surface area contributed by atoms with Crippen molar-refractivity contribution in [2.75, 3.05) is 0 Å². The highest BCUT2D eigenvalue weighted by molar-refractivity contribution is 5.34. The van der Waals surface area contributed by atoms with Gasteiger partial charge >= 0.3 is 0 Å². The van der Waals surface area contributed by atoms with Crippen LogP contribution in [0.4, 0.5) is 8.78 Å². The summed E-state index contributed by atoms with van der Waals surface area (Å²) in [6.07, 6.45) is 2.94. The molecule has 0 amide bonds. The largest absolute Gasteiger partial charge is 0.310 e.